The molecule has 1 atom stereocenters. The molecule has 2 aromatic rings. The smallest absolute Gasteiger partial charge is 0.0406 e. The maximum absolute atomic E-state index is 5.96. The molecule has 1 heterocycles. The second kappa shape index (κ2) is 8.00. The van der Waals surface area contributed by atoms with E-state index in [1.807, 2.05) is 12.1 Å². The van der Waals surface area contributed by atoms with Gasteiger partial charge in [0.1, 0.15) is 0 Å². The van der Waals surface area contributed by atoms with Gasteiger partial charge < -0.3 is 0 Å². The molecule has 0 saturated carbocycles. The number of rotatable bonds is 4. The number of nitrogens with zero attached hydrogens (tertiary/aromatic N) is 1. The van der Waals surface area contributed by atoms with Crippen LogP contribution in [0.1, 0.15) is 32.3 Å². The van der Waals surface area contributed by atoms with Crippen LogP contribution >= 0.6 is 11.6 Å². The minimum absolute atomic E-state index is 0.779. The highest BCUT2D eigenvalue weighted by Gasteiger charge is 2.14. The molecule has 0 spiro atoms. The van der Waals surface area contributed by atoms with Crippen LogP contribution in [0.3, 0.4) is 0 Å². The van der Waals surface area contributed by atoms with Crippen molar-refractivity contribution in [1.29, 1.82) is 0 Å². The van der Waals surface area contributed by atoms with Gasteiger partial charge in [-0.3, -0.25) is 4.90 Å². The summed E-state index contributed by atoms with van der Waals surface area (Å²) in [5.41, 5.74) is 5.09. The number of piperidine rings is 1. The SMILES string of the molecule is C/C(=C/CN1CCCC(C)C1)c1ccc(-c2ccc(Cl)cc2)cc1. The van der Waals surface area contributed by atoms with Crippen molar-refractivity contribution in [3.8, 4) is 11.1 Å². The Hall–Kier alpha value is -1.57. The molecule has 1 fully saturated rings. The maximum Gasteiger partial charge on any atom is 0.0406 e. The minimum Gasteiger partial charge on any atom is -0.299 e. The summed E-state index contributed by atoms with van der Waals surface area (Å²) >= 11 is 5.96. The number of allylic oxidation sites excluding steroid dienone is 1. The van der Waals surface area contributed by atoms with Gasteiger partial charge in [0, 0.05) is 18.1 Å². The van der Waals surface area contributed by atoms with E-state index in [2.05, 4.69) is 61.2 Å². The highest BCUT2D eigenvalue weighted by Crippen LogP contribution is 2.24. The molecule has 1 saturated heterocycles. The quantitative estimate of drug-likeness (QED) is 0.646. The molecule has 24 heavy (non-hydrogen) atoms. The van der Waals surface area contributed by atoms with Crippen LogP contribution in [0.15, 0.2) is 54.6 Å². The van der Waals surface area contributed by atoms with E-state index in [9.17, 15) is 0 Å². The van der Waals surface area contributed by atoms with Crippen molar-refractivity contribution in [1.82, 2.24) is 4.90 Å². The molecule has 0 bridgehead atoms. The van der Waals surface area contributed by atoms with Gasteiger partial charge in [0.2, 0.25) is 0 Å². The van der Waals surface area contributed by atoms with Crippen LogP contribution in [0.4, 0.5) is 0 Å². The van der Waals surface area contributed by atoms with E-state index in [1.165, 1.54) is 48.2 Å². The minimum atomic E-state index is 0.779. The normalized spacial score (nSPS) is 19.5. The first-order valence-electron chi connectivity index (χ1n) is 8.87. The average molecular weight is 340 g/mol. The van der Waals surface area contributed by atoms with Crippen LogP contribution in [0, 0.1) is 5.92 Å². The van der Waals surface area contributed by atoms with Gasteiger partial charge in [-0.25, -0.2) is 0 Å². The largest absolute Gasteiger partial charge is 0.299 e. The summed E-state index contributed by atoms with van der Waals surface area (Å²) in [6.07, 6.45) is 5.09. The lowest BCUT2D eigenvalue weighted by Gasteiger charge is -2.30. The van der Waals surface area contributed by atoms with Crippen LogP contribution < -0.4 is 0 Å². The van der Waals surface area contributed by atoms with Gasteiger partial charge in [0.15, 0.2) is 0 Å². The van der Waals surface area contributed by atoms with Crippen molar-refractivity contribution in [2.45, 2.75) is 26.7 Å². The summed E-state index contributed by atoms with van der Waals surface area (Å²) in [5.74, 6) is 0.839. The standard InChI is InChI=1S/C22H26ClN/c1-17-4-3-14-24(16-17)15-13-18(2)19-5-7-20(8-6-19)21-9-11-22(23)12-10-21/h5-13,17H,3-4,14-16H2,1-2H3/b18-13-. The first-order chi connectivity index (χ1) is 11.6. The summed E-state index contributed by atoms with van der Waals surface area (Å²) in [5, 5.41) is 0.779. The monoisotopic (exact) mass is 339 g/mol. The maximum atomic E-state index is 5.96. The van der Waals surface area contributed by atoms with Crippen molar-refractivity contribution in [3.63, 3.8) is 0 Å². The van der Waals surface area contributed by atoms with Crippen molar-refractivity contribution in [2.24, 2.45) is 5.92 Å². The van der Waals surface area contributed by atoms with Gasteiger partial charge in [0.05, 0.1) is 0 Å². The van der Waals surface area contributed by atoms with Crippen LogP contribution in [-0.2, 0) is 0 Å². The Kier molecular flexibility index (Phi) is 5.76. The van der Waals surface area contributed by atoms with E-state index >= 15 is 0 Å². The molecule has 0 N–H and O–H groups in total. The lowest BCUT2D eigenvalue weighted by Crippen LogP contribution is -2.34. The summed E-state index contributed by atoms with van der Waals surface area (Å²) in [7, 11) is 0. The van der Waals surface area contributed by atoms with Gasteiger partial charge in [-0.1, -0.05) is 61.0 Å². The zero-order chi connectivity index (χ0) is 16.9. The predicted octanol–water partition coefficient (Wildman–Crippen LogP) is 6.14. The Morgan fingerprint density at radius 3 is 2.33 bits per heavy atom. The second-order valence-corrected chi connectivity index (χ2v) is 7.41. The molecular formula is C22H26ClN. The lowest BCUT2D eigenvalue weighted by atomic mass is 9.99. The van der Waals surface area contributed by atoms with Crippen molar-refractivity contribution in [3.05, 3.63) is 65.2 Å². The Bertz CT molecular complexity index is 685. The zero-order valence-electron chi connectivity index (χ0n) is 14.6. The third-order valence-corrected chi connectivity index (χ3v) is 5.17. The highest BCUT2D eigenvalue weighted by atomic mass is 35.5. The van der Waals surface area contributed by atoms with Gasteiger partial charge in [-0.2, -0.15) is 0 Å². The Labute approximate surface area is 151 Å². The van der Waals surface area contributed by atoms with Crippen LogP contribution in [0.25, 0.3) is 16.7 Å². The Balaban J connectivity index is 1.66. The fourth-order valence-corrected chi connectivity index (χ4v) is 3.53. The van der Waals surface area contributed by atoms with Crippen LogP contribution in [0.2, 0.25) is 5.02 Å². The number of benzene rings is 2. The third kappa shape index (κ3) is 4.49. The summed E-state index contributed by atoms with van der Waals surface area (Å²) in [6, 6.07) is 16.8. The summed E-state index contributed by atoms with van der Waals surface area (Å²) in [4.78, 5) is 2.57. The van der Waals surface area contributed by atoms with E-state index in [1.54, 1.807) is 0 Å². The molecule has 0 aliphatic carbocycles. The fraction of sp³-hybridized carbons (Fsp3) is 0.364. The lowest BCUT2D eigenvalue weighted by molar-refractivity contribution is 0.201. The average Bonchev–Trinajstić information content (AvgIpc) is 2.61. The molecule has 126 valence electrons. The fourth-order valence-electron chi connectivity index (χ4n) is 3.40. The Morgan fingerprint density at radius 1 is 1.08 bits per heavy atom. The molecular weight excluding hydrogens is 314 g/mol. The molecule has 0 aromatic heterocycles. The Morgan fingerprint density at radius 2 is 1.71 bits per heavy atom. The van der Waals surface area contributed by atoms with E-state index in [0.29, 0.717) is 0 Å². The predicted molar refractivity (Wildman–Crippen MR) is 105 cm³/mol. The number of hydrogen-bond donors (Lipinski definition) is 0. The van der Waals surface area contributed by atoms with E-state index in [-0.39, 0.29) is 0 Å². The van der Waals surface area contributed by atoms with Crippen molar-refractivity contribution >= 4 is 17.2 Å². The second-order valence-electron chi connectivity index (χ2n) is 6.98. The molecule has 0 amide bonds. The topological polar surface area (TPSA) is 3.24 Å². The number of likely N-dealkylation sites (tertiary alicyclic amines) is 1. The molecule has 3 rings (SSSR count). The molecule has 0 radical (unpaired) electrons. The zero-order valence-corrected chi connectivity index (χ0v) is 15.4. The molecule has 2 heteroatoms. The molecule has 1 unspecified atom stereocenters. The third-order valence-electron chi connectivity index (χ3n) is 4.91. The summed E-state index contributed by atoms with van der Waals surface area (Å²) < 4.78 is 0. The molecule has 2 aromatic carbocycles. The van der Waals surface area contributed by atoms with Crippen molar-refractivity contribution < 1.29 is 0 Å². The first kappa shape index (κ1) is 17.3. The van der Waals surface area contributed by atoms with E-state index in [4.69, 9.17) is 11.6 Å². The van der Waals surface area contributed by atoms with Crippen LogP contribution in [-0.4, -0.2) is 24.5 Å². The van der Waals surface area contributed by atoms with E-state index in [0.717, 1.165) is 17.5 Å². The highest BCUT2D eigenvalue weighted by molar-refractivity contribution is 6.30. The van der Waals surface area contributed by atoms with Gasteiger partial charge in [-0.05, 0) is 66.6 Å². The molecule has 1 aliphatic rings. The van der Waals surface area contributed by atoms with Gasteiger partial charge in [-0.15, -0.1) is 0 Å². The number of hydrogen-bond acceptors (Lipinski definition) is 1. The van der Waals surface area contributed by atoms with Crippen LogP contribution in [0.5, 0.6) is 0 Å². The molecule has 1 nitrogen and oxygen atoms in total. The van der Waals surface area contributed by atoms with Crippen molar-refractivity contribution in [2.75, 3.05) is 19.6 Å². The summed E-state index contributed by atoms with van der Waals surface area (Å²) in [6.45, 7) is 8.11. The van der Waals surface area contributed by atoms with E-state index < -0.39 is 0 Å². The van der Waals surface area contributed by atoms with Gasteiger partial charge in [0.25, 0.3) is 0 Å². The van der Waals surface area contributed by atoms with Gasteiger partial charge >= 0.3 is 0 Å². The first-order valence-corrected chi connectivity index (χ1v) is 9.25. The molecule has 1 aliphatic heterocycles. The number of halogens is 1.